The molecule has 3 N–H and O–H groups in total. The van der Waals surface area contributed by atoms with Crippen molar-refractivity contribution in [2.45, 2.75) is 6.04 Å². The Bertz CT molecular complexity index is 737. The second-order valence-corrected chi connectivity index (χ2v) is 5.73. The molecule has 1 heterocycles. The molecule has 0 spiro atoms. The Morgan fingerprint density at radius 3 is 2.60 bits per heavy atom. The van der Waals surface area contributed by atoms with Crippen LogP contribution in [0.25, 0.3) is 10.8 Å². The second kappa shape index (κ2) is 5.87. The van der Waals surface area contributed by atoms with Crippen molar-refractivity contribution in [2.75, 3.05) is 0 Å². The largest absolute Gasteiger partial charge is 0.271 e. The van der Waals surface area contributed by atoms with Gasteiger partial charge in [0, 0.05) is 21.4 Å². The number of hydrogen-bond donors (Lipinski definition) is 2. The van der Waals surface area contributed by atoms with Crippen LogP contribution in [0.4, 0.5) is 0 Å². The number of aromatic nitrogens is 1. The molecule has 1 unspecified atom stereocenters. The molecule has 1 aromatic heterocycles. The predicted octanol–water partition coefficient (Wildman–Crippen LogP) is 3.39. The standard InChI is InChI=1S/C16H14IN3/c17-15-7-2-1-5-13(15)16(20-18)12-6-3-4-11-8-9-19-10-14(11)12/h1-10,16,20H,18H2. The van der Waals surface area contributed by atoms with E-state index in [1.165, 1.54) is 14.5 Å². The number of nitrogens with one attached hydrogen (secondary N) is 1. The van der Waals surface area contributed by atoms with Gasteiger partial charge in [-0.2, -0.15) is 0 Å². The lowest BCUT2D eigenvalue weighted by atomic mass is 9.95. The van der Waals surface area contributed by atoms with E-state index < -0.39 is 0 Å². The number of nitrogens with zero attached hydrogens (tertiary/aromatic N) is 1. The molecule has 0 saturated heterocycles. The van der Waals surface area contributed by atoms with Crippen molar-refractivity contribution in [3.63, 3.8) is 0 Å². The number of nitrogens with two attached hydrogens (primary N) is 1. The third-order valence-electron chi connectivity index (χ3n) is 3.41. The Kier molecular flexibility index (Phi) is 3.95. The van der Waals surface area contributed by atoms with Crippen molar-refractivity contribution >= 4 is 33.4 Å². The van der Waals surface area contributed by atoms with Crippen molar-refractivity contribution in [1.82, 2.24) is 10.4 Å². The molecule has 0 aliphatic heterocycles. The first kappa shape index (κ1) is 13.5. The molecule has 0 aliphatic carbocycles. The molecule has 20 heavy (non-hydrogen) atoms. The van der Waals surface area contributed by atoms with Gasteiger partial charge in [-0.25, -0.2) is 5.43 Å². The summed E-state index contributed by atoms with van der Waals surface area (Å²) >= 11 is 2.34. The molecular weight excluding hydrogens is 361 g/mol. The van der Waals surface area contributed by atoms with Gasteiger partial charge < -0.3 is 0 Å². The van der Waals surface area contributed by atoms with Gasteiger partial charge in [-0.15, -0.1) is 0 Å². The first-order valence-corrected chi connectivity index (χ1v) is 7.42. The summed E-state index contributed by atoms with van der Waals surface area (Å²) in [5.41, 5.74) is 5.25. The molecule has 0 saturated carbocycles. The zero-order chi connectivity index (χ0) is 13.9. The van der Waals surface area contributed by atoms with E-state index in [1.807, 2.05) is 30.6 Å². The van der Waals surface area contributed by atoms with E-state index in [0.29, 0.717) is 0 Å². The fraction of sp³-hybridized carbons (Fsp3) is 0.0625. The minimum atomic E-state index is -0.0454. The van der Waals surface area contributed by atoms with E-state index in [2.05, 4.69) is 63.3 Å². The first-order chi connectivity index (χ1) is 9.81. The zero-order valence-corrected chi connectivity index (χ0v) is 12.9. The average Bonchev–Trinajstić information content (AvgIpc) is 2.50. The summed E-state index contributed by atoms with van der Waals surface area (Å²) in [6.45, 7) is 0. The Morgan fingerprint density at radius 2 is 1.80 bits per heavy atom. The highest BCUT2D eigenvalue weighted by atomic mass is 127. The highest BCUT2D eigenvalue weighted by Gasteiger charge is 2.17. The van der Waals surface area contributed by atoms with E-state index in [0.717, 1.165) is 10.9 Å². The minimum Gasteiger partial charge on any atom is -0.271 e. The minimum absolute atomic E-state index is 0.0454. The van der Waals surface area contributed by atoms with E-state index in [1.54, 1.807) is 0 Å². The SMILES string of the molecule is NNC(c1ccccc1I)c1cccc2ccncc12. The molecule has 1 atom stereocenters. The lowest BCUT2D eigenvalue weighted by molar-refractivity contribution is 0.638. The van der Waals surface area contributed by atoms with Crippen LogP contribution in [-0.2, 0) is 0 Å². The maximum absolute atomic E-state index is 5.82. The second-order valence-electron chi connectivity index (χ2n) is 4.57. The maximum atomic E-state index is 5.82. The number of rotatable bonds is 3. The topological polar surface area (TPSA) is 50.9 Å². The summed E-state index contributed by atoms with van der Waals surface area (Å²) in [5.74, 6) is 5.82. The van der Waals surface area contributed by atoms with Crippen LogP contribution in [0.15, 0.2) is 60.9 Å². The van der Waals surface area contributed by atoms with Crippen LogP contribution in [0.5, 0.6) is 0 Å². The van der Waals surface area contributed by atoms with Crippen molar-refractivity contribution < 1.29 is 0 Å². The average molecular weight is 375 g/mol. The van der Waals surface area contributed by atoms with E-state index >= 15 is 0 Å². The summed E-state index contributed by atoms with van der Waals surface area (Å²) in [7, 11) is 0. The van der Waals surface area contributed by atoms with Crippen molar-refractivity contribution in [1.29, 1.82) is 0 Å². The highest BCUT2D eigenvalue weighted by Crippen LogP contribution is 2.30. The Morgan fingerprint density at radius 1 is 1.00 bits per heavy atom. The molecular formula is C16H14IN3. The molecule has 0 aliphatic rings. The van der Waals surface area contributed by atoms with Crippen LogP contribution in [0.3, 0.4) is 0 Å². The third-order valence-corrected chi connectivity index (χ3v) is 4.39. The van der Waals surface area contributed by atoms with Gasteiger partial charge in [-0.3, -0.25) is 10.8 Å². The Balaban J connectivity index is 2.20. The molecule has 3 nitrogen and oxygen atoms in total. The first-order valence-electron chi connectivity index (χ1n) is 6.34. The number of hydrazine groups is 1. The van der Waals surface area contributed by atoms with Gasteiger partial charge in [0.25, 0.3) is 0 Å². The molecule has 3 aromatic rings. The van der Waals surface area contributed by atoms with Crippen LogP contribution in [-0.4, -0.2) is 4.98 Å². The van der Waals surface area contributed by atoms with Gasteiger partial charge in [0.15, 0.2) is 0 Å². The summed E-state index contributed by atoms with van der Waals surface area (Å²) in [5, 5.41) is 2.29. The lowest BCUT2D eigenvalue weighted by Crippen LogP contribution is -2.29. The number of fused-ring (bicyclic) bond motifs is 1. The lowest BCUT2D eigenvalue weighted by Gasteiger charge is -2.20. The summed E-state index contributed by atoms with van der Waals surface area (Å²) in [6, 6.07) is 16.5. The molecule has 0 fully saturated rings. The smallest absolute Gasteiger partial charge is 0.0726 e. The van der Waals surface area contributed by atoms with Crippen molar-refractivity contribution in [3.05, 3.63) is 75.6 Å². The normalized spacial score (nSPS) is 12.5. The molecule has 3 rings (SSSR count). The predicted molar refractivity (Wildman–Crippen MR) is 90.1 cm³/mol. The van der Waals surface area contributed by atoms with Crippen LogP contribution in [0, 0.1) is 3.57 Å². The Labute approximate surface area is 131 Å². The third kappa shape index (κ3) is 2.42. The van der Waals surface area contributed by atoms with Crippen LogP contribution >= 0.6 is 22.6 Å². The quantitative estimate of drug-likeness (QED) is 0.419. The maximum Gasteiger partial charge on any atom is 0.0726 e. The van der Waals surface area contributed by atoms with Gasteiger partial charge >= 0.3 is 0 Å². The summed E-state index contributed by atoms with van der Waals surface area (Å²) in [4.78, 5) is 4.24. The van der Waals surface area contributed by atoms with Gasteiger partial charge in [0.2, 0.25) is 0 Å². The number of hydrogen-bond acceptors (Lipinski definition) is 3. The van der Waals surface area contributed by atoms with Crippen molar-refractivity contribution in [2.24, 2.45) is 5.84 Å². The van der Waals surface area contributed by atoms with Gasteiger partial charge in [0.05, 0.1) is 6.04 Å². The van der Waals surface area contributed by atoms with E-state index in [9.17, 15) is 0 Å². The fourth-order valence-corrected chi connectivity index (χ4v) is 3.14. The summed E-state index contributed by atoms with van der Waals surface area (Å²) in [6.07, 6.45) is 3.70. The van der Waals surface area contributed by atoms with E-state index in [-0.39, 0.29) is 6.04 Å². The van der Waals surface area contributed by atoms with Gasteiger partial charge in [0.1, 0.15) is 0 Å². The number of pyridine rings is 1. The van der Waals surface area contributed by atoms with E-state index in [4.69, 9.17) is 5.84 Å². The zero-order valence-electron chi connectivity index (χ0n) is 10.8. The van der Waals surface area contributed by atoms with Crippen molar-refractivity contribution in [3.8, 4) is 0 Å². The molecule has 2 aromatic carbocycles. The number of halogens is 1. The molecule has 0 bridgehead atoms. The molecule has 0 amide bonds. The monoisotopic (exact) mass is 375 g/mol. The molecule has 4 heteroatoms. The van der Waals surface area contributed by atoms with Crippen LogP contribution in [0.2, 0.25) is 0 Å². The Hall–Kier alpha value is -1.50. The van der Waals surface area contributed by atoms with Crippen LogP contribution in [0.1, 0.15) is 17.2 Å². The van der Waals surface area contributed by atoms with Crippen LogP contribution < -0.4 is 11.3 Å². The molecule has 0 radical (unpaired) electrons. The fourth-order valence-electron chi connectivity index (χ4n) is 2.45. The summed E-state index contributed by atoms with van der Waals surface area (Å²) < 4.78 is 1.19. The molecule has 100 valence electrons. The van der Waals surface area contributed by atoms with Gasteiger partial charge in [-0.05, 0) is 51.2 Å². The highest BCUT2D eigenvalue weighted by molar-refractivity contribution is 14.1. The number of benzene rings is 2. The van der Waals surface area contributed by atoms with Gasteiger partial charge in [-0.1, -0.05) is 36.4 Å².